The summed E-state index contributed by atoms with van der Waals surface area (Å²) in [6.07, 6.45) is 3.25. The van der Waals surface area contributed by atoms with Crippen molar-refractivity contribution >= 4 is 0 Å². The van der Waals surface area contributed by atoms with Gasteiger partial charge in [0.1, 0.15) is 0 Å². The summed E-state index contributed by atoms with van der Waals surface area (Å²) in [5.74, 6) is 0. The van der Waals surface area contributed by atoms with E-state index in [1.807, 2.05) is 0 Å². The highest BCUT2D eigenvalue weighted by Gasteiger charge is 2.16. The molecule has 0 radical (unpaired) electrons. The maximum atomic E-state index is 9.69. The van der Waals surface area contributed by atoms with Crippen LogP contribution in [-0.4, -0.2) is 38.1 Å². The van der Waals surface area contributed by atoms with E-state index in [-0.39, 0.29) is 12.2 Å². The fraction of sp³-hybridized carbons (Fsp3) is 1.00. The Morgan fingerprint density at radius 3 is 2.38 bits per heavy atom. The predicted octanol–water partition coefficient (Wildman–Crippen LogP) is 1.59. The minimum absolute atomic E-state index is 0.0122. The van der Waals surface area contributed by atoms with E-state index in [1.54, 1.807) is 14.2 Å². The smallest absolute Gasteiger partial charge is 0.0830 e. The molecule has 80 valence electrons. The summed E-state index contributed by atoms with van der Waals surface area (Å²) in [7, 11) is 3.33. The fourth-order valence-electron chi connectivity index (χ4n) is 1.37. The van der Waals surface area contributed by atoms with Crippen LogP contribution in [0, 0.1) is 0 Å². The zero-order valence-electron chi connectivity index (χ0n) is 8.95. The molecule has 0 fully saturated rings. The van der Waals surface area contributed by atoms with Crippen LogP contribution in [0.1, 0.15) is 32.6 Å². The molecule has 13 heavy (non-hydrogen) atoms. The third-order valence-corrected chi connectivity index (χ3v) is 2.15. The zero-order valence-corrected chi connectivity index (χ0v) is 8.95. The monoisotopic (exact) mass is 190 g/mol. The highest BCUT2D eigenvalue weighted by atomic mass is 16.5. The van der Waals surface area contributed by atoms with Gasteiger partial charge in [-0.3, -0.25) is 0 Å². The second kappa shape index (κ2) is 8.48. The number of hydrogen-bond acceptors (Lipinski definition) is 3. The minimum Gasteiger partial charge on any atom is -0.390 e. The van der Waals surface area contributed by atoms with E-state index in [0.717, 1.165) is 25.7 Å². The Labute approximate surface area is 81.0 Å². The van der Waals surface area contributed by atoms with Gasteiger partial charge in [0.2, 0.25) is 0 Å². The van der Waals surface area contributed by atoms with E-state index < -0.39 is 0 Å². The molecule has 0 bridgehead atoms. The molecule has 0 aliphatic heterocycles. The van der Waals surface area contributed by atoms with E-state index in [4.69, 9.17) is 9.47 Å². The summed E-state index contributed by atoms with van der Waals surface area (Å²) >= 11 is 0. The number of methoxy groups -OCH3 is 2. The summed E-state index contributed by atoms with van der Waals surface area (Å²) in [6, 6.07) is 0. The van der Waals surface area contributed by atoms with Crippen LogP contribution in [0.3, 0.4) is 0 Å². The Morgan fingerprint density at radius 2 is 1.92 bits per heavy atom. The number of rotatable bonds is 8. The average Bonchev–Trinajstić information content (AvgIpc) is 2.14. The van der Waals surface area contributed by atoms with Crippen molar-refractivity contribution in [3.63, 3.8) is 0 Å². The van der Waals surface area contributed by atoms with Gasteiger partial charge < -0.3 is 14.6 Å². The second-order valence-corrected chi connectivity index (χ2v) is 3.27. The lowest BCUT2D eigenvalue weighted by molar-refractivity contribution is -0.0232. The number of aliphatic hydroxyl groups excluding tert-OH is 1. The molecular formula is C10H22O3. The largest absolute Gasteiger partial charge is 0.390 e. The summed E-state index contributed by atoms with van der Waals surface area (Å²) in [4.78, 5) is 0. The van der Waals surface area contributed by atoms with Gasteiger partial charge in [-0.25, -0.2) is 0 Å². The van der Waals surface area contributed by atoms with Gasteiger partial charge in [-0.2, -0.15) is 0 Å². The van der Waals surface area contributed by atoms with Gasteiger partial charge in [-0.15, -0.1) is 0 Å². The van der Waals surface area contributed by atoms with Crippen LogP contribution in [0.25, 0.3) is 0 Å². The van der Waals surface area contributed by atoms with Crippen molar-refractivity contribution in [3.8, 4) is 0 Å². The Morgan fingerprint density at radius 1 is 1.23 bits per heavy atom. The standard InChI is InChI=1S/C10H22O3/c1-4-6-10(13-3)9(11)7-5-8-12-2/h9-11H,4-8H2,1-3H3. The fourth-order valence-corrected chi connectivity index (χ4v) is 1.37. The Kier molecular flexibility index (Phi) is 8.40. The van der Waals surface area contributed by atoms with Crippen LogP contribution in [0.5, 0.6) is 0 Å². The van der Waals surface area contributed by atoms with Crippen LogP contribution in [0.4, 0.5) is 0 Å². The molecule has 0 saturated carbocycles. The Hall–Kier alpha value is -0.120. The first-order chi connectivity index (χ1) is 6.26. The third kappa shape index (κ3) is 6.02. The van der Waals surface area contributed by atoms with E-state index >= 15 is 0 Å². The normalized spacial score (nSPS) is 15.7. The first-order valence-electron chi connectivity index (χ1n) is 4.96. The van der Waals surface area contributed by atoms with Gasteiger partial charge >= 0.3 is 0 Å². The maximum Gasteiger partial charge on any atom is 0.0830 e. The molecule has 1 N–H and O–H groups in total. The van der Waals surface area contributed by atoms with E-state index in [2.05, 4.69) is 6.92 Å². The van der Waals surface area contributed by atoms with Crippen molar-refractivity contribution < 1.29 is 14.6 Å². The molecule has 0 amide bonds. The molecule has 2 unspecified atom stereocenters. The molecule has 0 spiro atoms. The molecule has 0 aromatic carbocycles. The summed E-state index contributed by atoms with van der Waals surface area (Å²) in [6.45, 7) is 2.80. The van der Waals surface area contributed by atoms with E-state index in [9.17, 15) is 5.11 Å². The molecule has 3 nitrogen and oxygen atoms in total. The molecule has 0 aliphatic carbocycles. The first kappa shape index (κ1) is 12.9. The lowest BCUT2D eigenvalue weighted by Crippen LogP contribution is -2.28. The number of hydrogen-bond donors (Lipinski definition) is 1. The van der Waals surface area contributed by atoms with Crippen molar-refractivity contribution in [1.29, 1.82) is 0 Å². The molecule has 0 rings (SSSR count). The van der Waals surface area contributed by atoms with Crippen molar-refractivity contribution in [3.05, 3.63) is 0 Å². The summed E-state index contributed by atoms with van der Waals surface area (Å²) in [5.41, 5.74) is 0. The van der Waals surface area contributed by atoms with Gasteiger partial charge in [-0.05, 0) is 19.3 Å². The quantitative estimate of drug-likeness (QED) is 0.591. The van der Waals surface area contributed by atoms with Crippen LogP contribution >= 0.6 is 0 Å². The predicted molar refractivity (Wildman–Crippen MR) is 52.8 cm³/mol. The van der Waals surface area contributed by atoms with Crippen LogP contribution in [0.15, 0.2) is 0 Å². The number of aliphatic hydroxyl groups is 1. The van der Waals surface area contributed by atoms with Crippen LogP contribution in [-0.2, 0) is 9.47 Å². The van der Waals surface area contributed by atoms with Crippen molar-refractivity contribution in [2.75, 3.05) is 20.8 Å². The molecule has 0 heterocycles. The van der Waals surface area contributed by atoms with Crippen molar-refractivity contribution in [2.45, 2.75) is 44.8 Å². The Bertz CT molecular complexity index is 106. The highest BCUT2D eigenvalue weighted by molar-refractivity contribution is 4.68. The highest BCUT2D eigenvalue weighted by Crippen LogP contribution is 2.11. The van der Waals surface area contributed by atoms with Crippen molar-refractivity contribution in [1.82, 2.24) is 0 Å². The van der Waals surface area contributed by atoms with Crippen molar-refractivity contribution in [2.24, 2.45) is 0 Å². The van der Waals surface area contributed by atoms with Gasteiger partial charge in [-0.1, -0.05) is 13.3 Å². The molecule has 0 aromatic heterocycles. The molecule has 3 heteroatoms. The third-order valence-electron chi connectivity index (χ3n) is 2.15. The summed E-state index contributed by atoms with van der Waals surface area (Å²) < 4.78 is 10.1. The first-order valence-corrected chi connectivity index (χ1v) is 4.96. The van der Waals surface area contributed by atoms with Gasteiger partial charge in [0.15, 0.2) is 0 Å². The molecule has 0 aromatic rings. The maximum absolute atomic E-state index is 9.69. The topological polar surface area (TPSA) is 38.7 Å². The minimum atomic E-state index is -0.347. The zero-order chi connectivity index (χ0) is 10.1. The van der Waals surface area contributed by atoms with Gasteiger partial charge in [0.25, 0.3) is 0 Å². The SMILES string of the molecule is CCCC(OC)C(O)CCCOC. The van der Waals surface area contributed by atoms with Crippen LogP contribution < -0.4 is 0 Å². The lowest BCUT2D eigenvalue weighted by Gasteiger charge is -2.20. The second-order valence-electron chi connectivity index (χ2n) is 3.27. The average molecular weight is 190 g/mol. The number of ether oxygens (including phenoxy) is 2. The van der Waals surface area contributed by atoms with Gasteiger partial charge in [0.05, 0.1) is 12.2 Å². The Balaban J connectivity index is 3.57. The molecule has 0 saturated heterocycles. The lowest BCUT2D eigenvalue weighted by atomic mass is 10.0. The van der Waals surface area contributed by atoms with E-state index in [1.165, 1.54) is 0 Å². The molecule has 0 aliphatic rings. The van der Waals surface area contributed by atoms with E-state index in [0.29, 0.717) is 6.61 Å². The van der Waals surface area contributed by atoms with Gasteiger partial charge in [0, 0.05) is 20.8 Å². The molecule has 2 atom stereocenters. The molecular weight excluding hydrogens is 168 g/mol. The summed E-state index contributed by atoms with van der Waals surface area (Å²) in [5, 5.41) is 9.69. The van der Waals surface area contributed by atoms with Crippen LogP contribution in [0.2, 0.25) is 0 Å².